The molecule has 2 N–H and O–H groups in total. The summed E-state index contributed by atoms with van der Waals surface area (Å²) >= 11 is 0. The van der Waals surface area contributed by atoms with Crippen molar-refractivity contribution in [2.24, 2.45) is 0 Å². The van der Waals surface area contributed by atoms with Crippen LogP contribution in [0.1, 0.15) is 10.4 Å². The number of carboxylic acids is 1. The van der Waals surface area contributed by atoms with Gasteiger partial charge in [-0.05, 0) is 29.8 Å². The Hall–Kier alpha value is -1.50. The van der Waals surface area contributed by atoms with E-state index in [4.69, 9.17) is 0 Å². The van der Waals surface area contributed by atoms with Crippen LogP contribution in [0.15, 0.2) is 47.4 Å². The molecule has 0 unspecified atom stereocenters. The molecule has 121 valence electrons. The Kier molecular flexibility index (Phi) is 6.89. The zero-order valence-corrected chi connectivity index (χ0v) is 16.2. The van der Waals surface area contributed by atoms with Crippen LogP contribution in [0.3, 0.4) is 0 Å². The first-order chi connectivity index (χ1) is 10.7. The van der Waals surface area contributed by atoms with Crippen molar-refractivity contribution in [2.45, 2.75) is 4.90 Å². The minimum atomic E-state index is -4.15. The third-order valence-corrected chi connectivity index (χ3v) is 4.21. The molecule has 0 saturated heterocycles. The molecule has 11 heteroatoms. The maximum atomic E-state index is 12.2. The predicted octanol–water partition coefficient (Wildman–Crippen LogP) is 0.0839. The number of benzene rings is 2. The van der Waals surface area contributed by atoms with Crippen LogP contribution in [0, 0.1) is 10.1 Å². The topological polar surface area (TPSA) is 150 Å². The van der Waals surface area contributed by atoms with E-state index in [1.54, 1.807) is 0 Å². The molecule has 2 aromatic rings. The van der Waals surface area contributed by atoms with Gasteiger partial charge in [0.25, 0.3) is 10.0 Å². The van der Waals surface area contributed by atoms with Crippen molar-refractivity contribution >= 4 is 78.8 Å². The summed E-state index contributed by atoms with van der Waals surface area (Å²) in [6.07, 6.45) is 0. The van der Waals surface area contributed by atoms with E-state index >= 15 is 0 Å². The van der Waals surface area contributed by atoms with Gasteiger partial charge in [0.15, 0.2) is 5.75 Å². The third kappa shape index (κ3) is 4.75. The molecule has 2 rings (SSSR count). The van der Waals surface area contributed by atoms with E-state index in [0.29, 0.717) is 6.07 Å². The van der Waals surface area contributed by atoms with Crippen molar-refractivity contribution in [1.29, 1.82) is 0 Å². The van der Waals surface area contributed by atoms with Crippen molar-refractivity contribution < 1.29 is 28.3 Å². The van der Waals surface area contributed by atoms with Crippen molar-refractivity contribution in [1.82, 2.24) is 0 Å². The third-order valence-electron chi connectivity index (χ3n) is 2.83. The quantitative estimate of drug-likeness (QED) is 0.426. The number of carboxylic acid groups (broad SMARTS) is 1. The van der Waals surface area contributed by atoms with Gasteiger partial charge in [-0.1, -0.05) is 12.1 Å². The number of aromatic hydroxyl groups is 1. The Labute approximate surface area is 178 Å². The van der Waals surface area contributed by atoms with E-state index in [1.165, 1.54) is 12.1 Å². The summed E-state index contributed by atoms with van der Waals surface area (Å²) in [5.41, 5.74) is -0.820. The molecule has 0 aliphatic carbocycles. The van der Waals surface area contributed by atoms with E-state index in [9.17, 15) is 33.5 Å². The molecule has 0 aromatic heterocycles. The summed E-state index contributed by atoms with van der Waals surface area (Å²) in [6.45, 7) is 0. The Morgan fingerprint density at radius 2 is 1.71 bits per heavy atom. The number of rotatable bonds is 5. The van der Waals surface area contributed by atoms with Gasteiger partial charge in [0.1, 0.15) is 0 Å². The molecule has 0 amide bonds. The van der Waals surface area contributed by atoms with Gasteiger partial charge in [-0.2, -0.15) is 0 Å². The van der Waals surface area contributed by atoms with E-state index in [0.717, 1.165) is 24.3 Å². The number of nitrogens with one attached hydrogen (secondary N) is 1. The molecule has 0 heterocycles. The minimum absolute atomic E-state index is 0. The summed E-state index contributed by atoms with van der Waals surface area (Å²) < 4.78 is 26.5. The molecular weight excluding hydrogens is 367 g/mol. The Morgan fingerprint density at radius 1 is 1.12 bits per heavy atom. The number of hydrogen-bond donors (Lipinski definition) is 2. The van der Waals surface area contributed by atoms with Gasteiger partial charge < -0.3 is 15.0 Å². The first-order valence-electron chi connectivity index (χ1n) is 6.02. The number of sulfonamides is 1. The van der Waals surface area contributed by atoms with Crippen LogP contribution in [0.25, 0.3) is 0 Å². The number of carbonyl (C=O) groups excluding carboxylic acids is 1. The van der Waals surface area contributed by atoms with E-state index < -0.39 is 37.2 Å². The molecule has 1 radical (unpaired) electrons. The van der Waals surface area contributed by atoms with Gasteiger partial charge in [0.2, 0.25) is 0 Å². The number of nitro groups is 1. The second-order valence-corrected chi connectivity index (χ2v) is 6.06. The summed E-state index contributed by atoms with van der Waals surface area (Å²) in [5.74, 6) is -2.07. The zero-order chi connectivity index (χ0) is 17.2. The SMILES string of the molecule is O=C([O-])c1ccc(NS(=O)(=O)c2ccc(O)c([N+](=O)[O-])c2)cc1.[K]. The fraction of sp³-hybridized carbons (Fsp3) is 0. The second-order valence-electron chi connectivity index (χ2n) is 4.38. The number of anilines is 1. The Morgan fingerprint density at radius 3 is 2.21 bits per heavy atom. The van der Waals surface area contributed by atoms with Crippen LogP contribution in [0.2, 0.25) is 0 Å². The molecule has 0 spiro atoms. The zero-order valence-electron chi connectivity index (χ0n) is 12.3. The predicted molar refractivity (Wildman–Crippen MR) is 82.1 cm³/mol. The first-order valence-corrected chi connectivity index (χ1v) is 7.50. The first kappa shape index (κ1) is 20.5. The molecular formula is C13H9KN2O7S-. The van der Waals surface area contributed by atoms with E-state index in [2.05, 4.69) is 4.72 Å². The molecule has 0 bridgehead atoms. The average Bonchev–Trinajstić information content (AvgIpc) is 2.47. The van der Waals surface area contributed by atoms with Gasteiger partial charge in [-0.15, -0.1) is 0 Å². The number of carbonyl (C=O) groups is 1. The molecule has 0 aliphatic heterocycles. The molecule has 0 saturated carbocycles. The average molecular weight is 376 g/mol. The monoisotopic (exact) mass is 376 g/mol. The van der Waals surface area contributed by atoms with Crippen LogP contribution in [0.4, 0.5) is 11.4 Å². The van der Waals surface area contributed by atoms with Crippen LogP contribution in [-0.2, 0) is 10.0 Å². The number of phenolic OH excluding ortho intramolecular Hbond substituents is 1. The molecule has 0 aliphatic rings. The van der Waals surface area contributed by atoms with Crippen molar-refractivity contribution in [3.63, 3.8) is 0 Å². The molecule has 2 aromatic carbocycles. The maximum Gasteiger partial charge on any atom is 0.312 e. The van der Waals surface area contributed by atoms with Crippen molar-refractivity contribution in [3.8, 4) is 5.75 Å². The van der Waals surface area contributed by atoms with Gasteiger partial charge in [0.05, 0.1) is 15.8 Å². The van der Waals surface area contributed by atoms with E-state index in [1.807, 2.05) is 0 Å². The van der Waals surface area contributed by atoms with Gasteiger partial charge in [-0.25, -0.2) is 8.42 Å². The van der Waals surface area contributed by atoms with Crippen LogP contribution in [-0.4, -0.2) is 75.8 Å². The molecule has 24 heavy (non-hydrogen) atoms. The molecule has 0 atom stereocenters. The summed E-state index contributed by atoms with van der Waals surface area (Å²) in [7, 11) is -4.15. The van der Waals surface area contributed by atoms with Crippen molar-refractivity contribution in [2.75, 3.05) is 4.72 Å². The van der Waals surface area contributed by atoms with Crippen LogP contribution < -0.4 is 9.83 Å². The largest absolute Gasteiger partial charge is 0.545 e. The normalized spacial score (nSPS) is 10.5. The fourth-order valence-corrected chi connectivity index (χ4v) is 2.78. The number of nitro benzene ring substituents is 1. The van der Waals surface area contributed by atoms with Crippen molar-refractivity contribution in [3.05, 3.63) is 58.1 Å². The standard InChI is InChI=1S/C13H10N2O7S.K/c16-12-6-5-10(7-11(12)15(19)20)23(21,22)14-9-3-1-8(2-4-9)13(17)18;/h1-7,14,16H,(H,17,18);/p-1. The summed E-state index contributed by atoms with van der Waals surface area (Å²) in [5, 5.41) is 30.7. The van der Waals surface area contributed by atoms with Gasteiger partial charge >= 0.3 is 5.69 Å². The van der Waals surface area contributed by atoms with Crippen LogP contribution >= 0.6 is 0 Å². The van der Waals surface area contributed by atoms with Gasteiger partial charge in [0, 0.05) is 63.1 Å². The second kappa shape index (κ2) is 8.05. The molecule has 9 nitrogen and oxygen atoms in total. The number of aromatic carboxylic acids is 1. The molecule has 0 fully saturated rings. The maximum absolute atomic E-state index is 12.2. The summed E-state index contributed by atoms with van der Waals surface area (Å²) in [4.78, 5) is 20.0. The number of hydrogen-bond acceptors (Lipinski definition) is 7. The minimum Gasteiger partial charge on any atom is -0.545 e. The fourth-order valence-electron chi connectivity index (χ4n) is 1.71. The number of nitrogens with zero attached hydrogens (tertiary/aromatic N) is 1. The number of phenols is 1. The Balaban J connectivity index is 0.00000288. The smallest absolute Gasteiger partial charge is 0.312 e. The van der Waals surface area contributed by atoms with Crippen LogP contribution in [0.5, 0.6) is 5.75 Å². The van der Waals surface area contributed by atoms with E-state index in [-0.39, 0.29) is 62.6 Å². The van der Waals surface area contributed by atoms with Gasteiger partial charge in [-0.3, -0.25) is 14.8 Å². The summed E-state index contributed by atoms with van der Waals surface area (Å²) in [6, 6.07) is 7.31. The Bertz CT molecular complexity index is 882.